The van der Waals surface area contributed by atoms with Gasteiger partial charge in [0, 0.05) is 19.3 Å². The third kappa shape index (κ3) is 45.4. The van der Waals surface area contributed by atoms with Crippen molar-refractivity contribution in [2.45, 2.75) is 213 Å². The van der Waals surface area contributed by atoms with E-state index in [0.717, 1.165) is 116 Å². The maximum Gasteiger partial charge on any atom is 0.306 e. The van der Waals surface area contributed by atoms with E-state index < -0.39 is 6.10 Å². The lowest BCUT2D eigenvalue weighted by Gasteiger charge is -2.18. The van der Waals surface area contributed by atoms with Gasteiger partial charge in [0.25, 0.3) is 0 Å². The van der Waals surface area contributed by atoms with E-state index in [-0.39, 0.29) is 37.5 Å². The Kier molecular flexibility index (Phi) is 45.1. The average molecular weight is 833 g/mol. The van der Waals surface area contributed by atoms with Gasteiger partial charge in [-0.2, -0.15) is 0 Å². The minimum atomic E-state index is -0.817. The molecule has 6 nitrogen and oxygen atoms in total. The Morgan fingerprint density at radius 1 is 0.350 bits per heavy atom. The lowest BCUT2D eigenvalue weighted by atomic mass is 10.1. The first-order valence-corrected chi connectivity index (χ1v) is 24.2. The zero-order valence-electron chi connectivity index (χ0n) is 38.7. The zero-order valence-corrected chi connectivity index (χ0v) is 38.7. The van der Waals surface area contributed by atoms with Gasteiger partial charge in [0.2, 0.25) is 0 Å². The molecule has 0 aliphatic rings. The molecule has 0 spiro atoms. The Morgan fingerprint density at radius 3 is 1.13 bits per heavy atom. The van der Waals surface area contributed by atoms with Crippen molar-refractivity contribution >= 4 is 17.9 Å². The maximum atomic E-state index is 12.8. The smallest absolute Gasteiger partial charge is 0.306 e. The molecule has 0 rings (SSSR count). The number of ether oxygens (including phenoxy) is 3. The molecule has 1 atom stereocenters. The highest BCUT2D eigenvalue weighted by molar-refractivity contribution is 5.71. The highest BCUT2D eigenvalue weighted by atomic mass is 16.6. The minimum Gasteiger partial charge on any atom is -0.462 e. The van der Waals surface area contributed by atoms with Gasteiger partial charge in [0.15, 0.2) is 6.10 Å². The standard InChI is InChI=1S/C54H88O6/c1-4-7-10-13-16-19-22-25-27-30-32-35-38-41-44-47-53(56)59-50-51(49-58-52(55)46-43-40-37-34-31-28-24-21-18-15-12-9-6-3)60-54(57)48-45-42-39-36-33-29-26-23-20-17-14-11-8-5-2/h7,9-10,12,16,18-19,21,23,25-28,31,37,40,51H,4-6,8,11,13-15,17,20,22,24,29-30,32-36,38-39,41-50H2,1-3H3/b10-7-,12-9-,19-16-,21-18-,26-23-,27-25-,31-28-,40-37-. The van der Waals surface area contributed by atoms with Crippen molar-refractivity contribution in [3.8, 4) is 0 Å². The predicted octanol–water partition coefficient (Wildman–Crippen LogP) is 15.8. The lowest BCUT2D eigenvalue weighted by molar-refractivity contribution is -0.166. The van der Waals surface area contributed by atoms with Gasteiger partial charge in [-0.25, -0.2) is 0 Å². The molecule has 0 heterocycles. The predicted molar refractivity (Wildman–Crippen MR) is 256 cm³/mol. The molecule has 0 amide bonds. The number of hydrogen-bond acceptors (Lipinski definition) is 6. The summed E-state index contributed by atoms with van der Waals surface area (Å²) in [4.78, 5) is 37.8. The van der Waals surface area contributed by atoms with E-state index in [9.17, 15) is 14.4 Å². The first-order valence-electron chi connectivity index (χ1n) is 24.2. The van der Waals surface area contributed by atoms with Crippen LogP contribution in [-0.4, -0.2) is 37.2 Å². The van der Waals surface area contributed by atoms with Crippen LogP contribution in [0.25, 0.3) is 0 Å². The van der Waals surface area contributed by atoms with Crippen molar-refractivity contribution in [1.82, 2.24) is 0 Å². The van der Waals surface area contributed by atoms with Crippen LogP contribution in [0.4, 0.5) is 0 Å². The zero-order chi connectivity index (χ0) is 43.7. The van der Waals surface area contributed by atoms with E-state index in [1.54, 1.807) is 0 Å². The van der Waals surface area contributed by atoms with Crippen LogP contribution in [-0.2, 0) is 28.6 Å². The molecular formula is C54H88O6. The Morgan fingerprint density at radius 2 is 0.683 bits per heavy atom. The van der Waals surface area contributed by atoms with Crippen molar-refractivity contribution in [2.24, 2.45) is 0 Å². The summed E-state index contributed by atoms with van der Waals surface area (Å²) in [7, 11) is 0. The third-order valence-corrected chi connectivity index (χ3v) is 9.82. The van der Waals surface area contributed by atoms with Crippen molar-refractivity contribution in [1.29, 1.82) is 0 Å². The Balaban J connectivity index is 4.53. The molecule has 0 saturated heterocycles. The Bertz CT molecular complexity index is 1230. The summed E-state index contributed by atoms with van der Waals surface area (Å²) in [6.07, 6.45) is 62.6. The van der Waals surface area contributed by atoms with Gasteiger partial charge in [-0.15, -0.1) is 0 Å². The van der Waals surface area contributed by atoms with E-state index in [0.29, 0.717) is 19.3 Å². The molecule has 60 heavy (non-hydrogen) atoms. The van der Waals surface area contributed by atoms with Crippen LogP contribution in [0, 0.1) is 0 Å². The normalized spacial score (nSPS) is 12.9. The van der Waals surface area contributed by atoms with Gasteiger partial charge in [0.1, 0.15) is 13.2 Å². The van der Waals surface area contributed by atoms with Gasteiger partial charge in [-0.05, 0) is 103 Å². The van der Waals surface area contributed by atoms with Crippen molar-refractivity contribution in [3.05, 3.63) is 97.2 Å². The average Bonchev–Trinajstić information content (AvgIpc) is 3.24. The maximum absolute atomic E-state index is 12.8. The van der Waals surface area contributed by atoms with E-state index in [4.69, 9.17) is 14.2 Å². The third-order valence-electron chi connectivity index (χ3n) is 9.82. The molecule has 0 aromatic heterocycles. The quantitative estimate of drug-likeness (QED) is 0.0264. The SMILES string of the molecule is CC/C=C\C/C=C\C/C=C\C/C=C\CCC(=O)OCC(COC(=O)CCCCCCC/C=C\C/C=C\C/C=C\CC)OC(=O)CCCCCCC/C=C\CCCCCCC. The van der Waals surface area contributed by atoms with Gasteiger partial charge in [0.05, 0.1) is 0 Å². The number of carbonyl (C=O) groups excluding carboxylic acids is 3. The summed E-state index contributed by atoms with van der Waals surface area (Å²) in [6.45, 7) is 6.29. The van der Waals surface area contributed by atoms with Gasteiger partial charge >= 0.3 is 17.9 Å². The molecular weight excluding hydrogens is 745 g/mol. The summed E-state index contributed by atoms with van der Waals surface area (Å²) >= 11 is 0. The van der Waals surface area contributed by atoms with Crippen LogP contribution >= 0.6 is 0 Å². The number of rotatable bonds is 42. The molecule has 0 aliphatic heterocycles. The number of unbranched alkanes of at least 4 members (excludes halogenated alkanes) is 15. The van der Waals surface area contributed by atoms with Crippen molar-refractivity contribution in [2.75, 3.05) is 13.2 Å². The number of allylic oxidation sites excluding steroid dienone is 16. The molecule has 340 valence electrons. The first kappa shape index (κ1) is 56.3. The molecule has 1 unspecified atom stereocenters. The molecule has 6 heteroatoms. The topological polar surface area (TPSA) is 78.9 Å². The van der Waals surface area contributed by atoms with Gasteiger partial charge < -0.3 is 14.2 Å². The van der Waals surface area contributed by atoms with Crippen LogP contribution in [0.2, 0.25) is 0 Å². The van der Waals surface area contributed by atoms with Crippen LogP contribution < -0.4 is 0 Å². The minimum absolute atomic E-state index is 0.113. The highest BCUT2D eigenvalue weighted by Gasteiger charge is 2.19. The van der Waals surface area contributed by atoms with Crippen LogP contribution in [0.15, 0.2) is 97.2 Å². The molecule has 0 bridgehead atoms. The highest BCUT2D eigenvalue weighted by Crippen LogP contribution is 2.12. The van der Waals surface area contributed by atoms with Gasteiger partial charge in [-0.1, -0.05) is 182 Å². The monoisotopic (exact) mass is 833 g/mol. The molecule has 0 aliphatic carbocycles. The summed E-state index contributed by atoms with van der Waals surface area (Å²) in [5.41, 5.74) is 0. The molecule has 0 fully saturated rings. The van der Waals surface area contributed by atoms with E-state index in [1.165, 1.54) is 44.9 Å². The van der Waals surface area contributed by atoms with Crippen molar-refractivity contribution < 1.29 is 28.6 Å². The Hall–Kier alpha value is -3.67. The van der Waals surface area contributed by atoms with E-state index >= 15 is 0 Å². The lowest BCUT2D eigenvalue weighted by Crippen LogP contribution is -2.30. The fourth-order valence-electron chi connectivity index (χ4n) is 6.23. The summed E-state index contributed by atoms with van der Waals surface area (Å²) in [5.74, 6) is -1.03. The fraction of sp³-hybridized carbons (Fsp3) is 0.648. The molecule has 0 radical (unpaired) electrons. The summed E-state index contributed by atoms with van der Waals surface area (Å²) < 4.78 is 16.7. The second-order valence-electron chi connectivity index (χ2n) is 15.6. The van der Waals surface area contributed by atoms with E-state index in [1.807, 2.05) is 12.2 Å². The number of esters is 3. The first-order chi connectivity index (χ1) is 29.5. The van der Waals surface area contributed by atoms with Crippen molar-refractivity contribution in [3.63, 3.8) is 0 Å². The number of hydrogen-bond donors (Lipinski definition) is 0. The molecule has 0 saturated carbocycles. The molecule has 0 aromatic rings. The second-order valence-corrected chi connectivity index (χ2v) is 15.6. The van der Waals surface area contributed by atoms with Crippen LogP contribution in [0.1, 0.15) is 207 Å². The van der Waals surface area contributed by atoms with Crippen LogP contribution in [0.5, 0.6) is 0 Å². The molecule has 0 aromatic carbocycles. The summed E-state index contributed by atoms with van der Waals surface area (Å²) in [6, 6.07) is 0. The second kappa shape index (κ2) is 48.0. The van der Waals surface area contributed by atoms with E-state index in [2.05, 4.69) is 106 Å². The fourth-order valence-corrected chi connectivity index (χ4v) is 6.23. The van der Waals surface area contributed by atoms with Gasteiger partial charge in [-0.3, -0.25) is 14.4 Å². The van der Waals surface area contributed by atoms with Crippen LogP contribution in [0.3, 0.4) is 0 Å². The largest absolute Gasteiger partial charge is 0.462 e. The Labute approximate surface area is 368 Å². The summed E-state index contributed by atoms with van der Waals surface area (Å²) in [5, 5.41) is 0. The number of carbonyl (C=O) groups is 3. The molecule has 0 N–H and O–H groups in total.